The number of hydrogen-bond donors (Lipinski definition) is 0. The summed E-state index contributed by atoms with van der Waals surface area (Å²) < 4.78 is 43.0. The van der Waals surface area contributed by atoms with Gasteiger partial charge in [-0.25, -0.2) is 8.42 Å². The molecule has 0 unspecified atom stereocenters. The van der Waals surface area contributed by atoms with Crippen LogP contribution in [0.1, 0.15) is 11.5 Å². The van der Waals surface area contributed by atoms with Gasteiger partial charge in [-0.1, -0.05) is 16.8 Å². The van der Waals surface area contributed by atoms with Crippen molar-refractivity contribution in [3.8, 4) is 17.1 Å². The number of aryl methyl sites for hydroxylation is 1. The number of rotatable bonds is 6. The van der Waals surface area contributed by atoms with Crippen LogP contribution in [-0.2, 0) is 21.4 Å². The molecule has 0 bridgehead atoms. The monoisotopic (exact) mass is 449 g/mol. The van der Waals surface area contributed by atoms with Crippen LogP contribution in [0, 0.1) is 6.92 Å². The van der Waals surface area contributed by atoms with E-state index in [-0.39, 0.29) is 11.5 Å². The molecule has 0 aliphatic carbocycles. The van der Waals surface area contributed by atoms with Crippen LogP contribution in [0.2, 0.25) is 5.02 Å². The maximum atomic E-state index is 12.7. The maximum Gasteiger partial charge on any atom is 0.264 e. The molecular weight excluding hydrogens is 430 g/mol. The number of halogens is 1. The fourth-order valence-electron chi connectivity index (χ4n) is 3.06. The van der Waals surface area contributed by atoms with Crippen molar-refractivity contribution in [3.05, 3.63) is 58.9 Å². The molecule has 30 heavy (non-hydrogen) atoms. The van der Waals surface area contributed by atoms with Crippen molar-refractivity contribution in [1.29, 1.82) is 0 Å². The molecule has 2 aromatic carbocycles. The van der Waals surface area contributed by atoms with Gasteiger partial charge in [0.05, 0.1) is 18.1 Å². The lowest BCUT2D eigenvalue weighted by molar-refractivity contribution is 0.0730. The number of ether oxygens (including phenoxy) is 2. The van der Waals surface area contributed by atoms with E-state index >= 15 is 0 Å². The van der Waals surface area contributed by atoms with Gasteiger partial charge >= 0.3 is 0 Å². The lowest BCUT2D eigenvalue weighted by Gasteiger charge is -2.26. The number of aromatic nitrogens is 2. The molecular formula is C20H20ClN3O5S. The summed E-state index contributed by atoms with van der Waals surface area (Å²) in [4.78, 5) is 4.54. The molecule has 3 aromatic rings. The van der Waals surface area contributed by atoms with Gasteiger partial charge in [0.2, 0.25) is 15.8 Å². The van der Waals surface area contributed by atoms with Crippen LogP contribution in [0.5, 0.6) is 5.75 Å². The van der Waals surface area contributed by atoms with E-state index in [1.165, 1.54) is 4.31 Å². The molecule has 0 spiro atoms. The first-order chi connectivity index (χ1) is 14.4. The summed E-state index contributed by atoms with van der Waals surface area (Å²) in [5.74, 6) is 1.35. The van der Waals surface area contributed by atoms with Gasteiger partial charge in [-0.2, -0.15) is 9.29 Å². The quantitative estimate of drug-likeness (QED) is 0.569. The van der Waals surface area contributed by atoms with E-state index in [2.05, 4.69) is 10.1 Å². The highest BCUT2D eigenvalue weighted by Gasteiger charge is 2.26. The van der Waals surface area contributed by atoms with E-state index in [9.17, 15) is 8.42 Å². The van der Waals surface area contributed by atoms with Crippen molar-refractivity contribution >= 4 is 21.6 Å². The van der Waals surface area contributed by atoms with Crippen LogP contribution in [0.15, 0.2) is 51.9 Å². The zero-order valence-electron chi connectivity index (χ0n) is 16.2. The first kappa shape index (κ1) is 20.8. The zero-order valence-corrected chi connectivity index (χ0v) is 17.8. The molecule has 0 atom stereocenters. The molecule has 158 valence electrons. The Labute approximate surface area is 179 Å². The largest absolute Gasteiger partial charge is 0.483 e. The molecule has 2 heterocycles. The summed E-state index contributed by atoms with van der Waals surface area (Å²) in [6.07, 6.45) is 0. The number of morpholine rings is 1. The maximum absolute atomic E-state index is 12.7. The summed E-state index contributed by atoms with van der Waals surface area (Å²) >= 11 is 5.95. The third-order valence-corrected chi connectivity index (χ3v) is 6.82. The van der Waals surface area contributed by atoms with Crippen LogP contribution in [-0.4, -0.2) is 49.2 Å². The third kappa shape index (κ3) is 4.49. The Bertz CT molecular complexity index is 1130. The van der Waals surface area contributed by atoms with Crippen molar-refractivity contribution < 1.29 is 22.4 Å². The predicted molar refractivity (Wildman–Crippen MR) is 110 cm³/mol. The molecule has 1 aliphatic rings. The first-order valence-corrected chi connectivity index (χ1v) is 11.2. The minimum Gasteiger partial charge on any atom is -0.483 e. The van der Waals surface area contributed by atoms with Gasteiger partial charge in [0, 0.05) is 23.7 Å². The Balaban J connectivity index is 1.44. The Morgan fingerprint density at radius 2 is 1.87 bits per heavy atom. The highest BCUT2D eigenvalue weighted by molar-refractivity contribution is 7.89. The van der Waals surface area contributed by atoms with Crippen molar-refractivity contribution in [2.24, 2.45) is 0 Å². The molecule has 0 N–H and O–H groups in total. The standard InChI is InChI=1S/C20H20ClN3O5S/c1-14-12-16(21)4-7-18(14)28-13-19-22-20(23-29-19)15-2-5-17(6-3-15)30(25,26)24-8-10-27-11-9-24/h2-7,12H,8-11,13H2,1H3. The van der Waals surface area contributed by atoms with Gasteiger partial charge < -0.3 is 14.0 Å². The molecule has 1 aromatic heterocycles. The summed E-state index contributed by atoms with van der Waals surface area (Å²) in [6.45, 7) is 3.52. The number of nitrogens with zero attached hydrogens (tertiary/aromatic N) is 3. The molecule has 1 aliphatic heterocycles. The number of benzene rings is 2. The van der Waals surface area contributed by atoms with E-state index in [4.69, 9.17) is 25.6 Å². The Kier molecular flexibility index (Phi) is 6.05. The Morgan fingerprint density at radius 1 is 1.13 bits per heavy atom. The number of sulfonamides is 1. The first-order valence-electron chi connectivity index (χ1n) is 9.33. The van der Waals surface area contributed by atoms with Crippen molar-refractivity contribution in [2.75, 3.05) is 26.3 Å². The molecule has 0 amide bonds. The molecule has 0 radical (unpaired) electrons. The van der Waals surface area contributed by atoms with Gasteiger partial charge in [0.15, 0.2) is 6.61 Å². The SMILES string of the molecule is Cc1cc(Cl)ccc1OCc1nc(-c2ccc(S(=O)(=O)N3CCOCC3)cc2)no1. The minimum absolute atomic E-state index is 0.110. The lowest BCUT2D eigenvalue weighted by Crippen LogP contribution is -2.40. The van der Waals surface area contributed by atoms with Crippen LogP contribution in [0.3, 0.4) is 0 Å². The molecule has 4 rings (SSSR count). The molecule has 0 saturated carbocycles. The highest BCUT2D eigenvalue weighted by Crippen LogP contribution is 2.24. The molecule has 1 fully saturated rings. The second-order valence-corrected chi connectivity index (χ2v) is 9.13. The molecule has 8 nitrogen and oxygen atoms in total. The second-order valence-electron chi connectivity index (χ2n) is 6.75. The lowest BCUT2D eigenvalue weighted by atomic mass is 10.2. The van der Waals surface area contributed by atoms with Crippen LogP contribution in [0.25, 0.3) is 11.4 Å². The van der Waals surface area contributed by atoms with Crippen LogP contribution >= 0.6 is 11.6 Å². The van der Waals surface area contributed by atoms with E-state index in [1.807, 2.05) is 13.0 Å². The fraction of sp³-hybridized carbons (Fsp3) is 0.300. The van der Waals surface area contributed by atoms with Crippen molar-refractivity contribution in [2.45, 2.75) is 18.4 Å². The van der Waals surface area contributed by atoms with Crippen LogP contribution < -0.4 is 4.74 Å². The van der Waals surface area contributed by atoms with E-state index < -0.39 is 10.0 Å². The van der Waals surface area contributed by atoms with Gasteiger partial charge in [0.1, 0.15) is 5.75 Å². The number of hydrogen-bond acceptors (Lipinski definition) is 7. The predicted octanol–water partition coefficient (Wildman–Crippen LogP) is 3.30. The summed E-state index contributed by atoms with van der Waals surface area (Å²) in [5.41, 5.74) is 1.55. The van der Waals surface area contributed by atoms with E-state index in [0.29, 0.717) is 54.4 Å². The smallest absolute Gasteiger partial charge is 0.264 e. The van der Waals surface area contributed by atoms with Gasteiger partial charge in [-0.15, -0.1) is 0 Å². The van der Waals surface area contributed by atoms with E-state index in [1.54, 1.807) is 36.4 Å². The zero-order chi connectivity index (χ0) is 21.1. The van der Waals surface area contributed by atoms with Crippen molar-refractivity contribution in [1.82, 2.24) is 14.4 Å². The topological polar surface area (TPSA) is 94.8 Å². The van der Waals surface area contributed by atoms with Crippen LogP contribution in [0.4, 0.5) is 0 Å². The van der Waals surface area contributed by atoms with E-state index in [0.717, 1.165) is 5.56 Å². The minimum atomic E-state index is -3.54. The average Bonchev–Trinajstić information content (AvgIpc) is 3.23. The average molecular weight is 450 g/mol. The summed E-state index contributed by atoms with van der Waals surface area (Å²) in [7, 11) is -3.54. The van der Waals surface area contributed by atoms with Gasteiger partial charge in [-0.3, -0.25) is 0 Å². The van der Waals surface area contributed by atoms with Gasteiger partial charge in [-0.05, 0) is 55.0 Å². The molecule has 1 saturated heterocycles. The normalized spacial score (nSPS) is 15.3. The van der Waals surface area contributed by atoms with Crippen molar-refractivity contribution in [3.63, 3.8) is 0 Å². The molecule has 10 heteroatoms. The Morgan fingerprint density at radius 3 is 2.57 bits per heavy atom. The highest BCUT2D eigenvalue weighted by atomic mass is 35.5. The Hall–Kier alpha value is -2.46. The summed E-state index contributed by atoms with van der Waals surface area (Å²) in [5, 5.41) is 4.59. The second kappa shape index (κ2) is 8.73. The van der Waals surface area contributed by atoms with Gasteiger partial charge in [0.25, 0.3) is 5.89 Å². The third-order valence-electron chi connectivity index (χ3n) is 4.68. The fourth-order valence-corrected chi connectivity index (χ4v) is 4.69. The summed E-state index contributed by atoms with van der Waals surface area (Å²) in [6, 6.07) is 11.7.